The normalized spacial score (nSPS) is 18.1. The molecule has 0 unspecified atom stereocenters. The van der Waals surface area contributed by atoms with Gasteiger partial charge in [-0.1, -0.05) is 19.0 Å². The number of amidine groups is 1. The Morgan fingerprint density at radius 2 is 2.16 bits per heavy atom. The molecule has 1 aromatic heterocycles. The minimum atomic E-state index is 0.126. The second-order valence-corrected chi connectivity index (χ2v) is 5.46. The maximum Gasteiger partial charge on any atom is 0.170 e. The molecule has 5 nitrogen and oxygen atoms in total. The highest BCUT2D eigenvalue weighted by Crippen LogP contribution is 2.27. The van der Waals surface area contributed by atoms with Crippen LogP contribution in [0.2, 0.25) is 0 Å². The van der Waals surface area contributed by atoms with E-state index in [-0.39, 0.29) is 5.84 Å². The molecule has 1 aliphatic heterocycles. The third kappa shape index (κ3) is 3.16. The molecule has 19 heavy (non-hydrogen) atoms. The summed E-state index contributed by atoms with van der Waals surface area (Å²) in [6.07, 6.45) is 4.11. The van der Waals surface area contributed by atoms with Gasteiger partial charge < -0.3 is 15.8 Å². The fourth-order valence-corrected chi connectivity index (χ4v) is 2.60. The highest BCUT2D eigenvalue weighted by atomic mass is 16.4. The van der Waals surface area contributed by atoms with E-state index in [4.69, 9.17) is 10.9 Å². The van der Waals surface area contributed by atoms with Crippen molar-refractivity contribution in [1.29, 1.82) is 0 Å². The molecule has 5 heteroatoms. The summed E-state index contributed by atoms with van der Waals surface area (Å²) in [6.45, 7) is 6.63. The number of rotatable bonds is 3. The Hall–Kier alpha value is -1.78. The summed E-state index contributed by atoms with van der Waals surface area (Å²) in [5.74, 6) is 2.59. The van der Waals surface area contributed by atoms with E-state index >= 15 is 0 Å². The van der Waals surface area contributed by atoms with Crippen LogP contribution in [0.25, 0.3) is 0 Å². The van der Waals surface area contributed by atoms with Gasteiger partial charge in [-0.25, -0.2) is 4.98 Å². The molecule has 2 rings (SSSR count). The fourth-order valence-electron chi connectivity index (χ4n) is 2.60. The monoisotopic (exact) mass is 262 g/mol. The van der Waals surface area contributed by atoms with E-state index in [0.29, 0.717) is 5.56 Å². The van der Waals surface area contributed by atoms with Gasteiger partial charge in [0.25, 0.3) is 0 Å². The number of hydrogen-bond donors (Lipinski definition) is 2. The summed E-state index contributed by atoms with van der Waals surface area (Å²) >= 11 is 0. The predicted octanol–water partition coefficient (Wildman–Crippen LogP) is 2.05. The highest BCUT2D eigenvalue weighted by Gasteiger charge is 2.22. The van der Waals surface area contributed by atoms with Crippen LogP contribution in [0.4, 0.5) is 5.82 Å². The van der Waals surface area contributed by atoms with Gasteiger partial charge in [-0.15, -0.1) is 0 Å². The van der Waals surface area contributed by atoms with Crippen molar-refractivity contribution in [3.63, 3.8) is 0 Å². The number of pyridine rings is 1. The molecule has 3 N–H and O–H groups in total. The van der Waals surface area contributed by atoms with Crippen LogP contribution >= 0.6 is 0 Å². The Balaban J connectivity index is 2.07. The third-order valence-corrected chi connectivity index (χ3v) is 3.96. The lowest BCUT2D eigenvalue weighted by Gasteiger charge is -2.34. The van der Waals surface area contributed by atoms with Crippen molar-refractivity contribution < 1.29 is 5.21 Å². The second kappa shape index (κ2) is 5.91. The van der Waals surface area contributed by atoms with Crippen molar-refractivity contribution in [3.8, 4) is 0 Å². The molecule has 0 bridgehead atoms. The molecule has 0 saturated carbocycles. The van der Waals surface area contributed by atoms with Gasteiger partial charge in [0, 0.05) is 24.8 Å². The number of oxime groups is 1. The Morgan fingerprint density at radius 1 is 1.47 bits per heavy atom. The van der Waals surface area contributed by atoms with Gasteiger partial charge in [-0.3, -0.25) is 0 Å². The molecule has 0 aliphatic carbocycles. The number of nitrogens with two attached hydrogens (primary N) is 1. The predicted molar refractivity (Wildman–Crippen MR) is 76.5 cm³/mol. The average molecular weight is 262 g/mol. The SMILES string of the molecule is CC(C)C1CCN(c2cc(/C(N)=N/O)ccn2)CC1. The minimum Gasteiger partial charge on any atom is -0.409 e. The Kier molecular flexibility index (Phi) is 4.24. The van der Waals surface area contributed by atoms with Crippen molar-refractivity contribution in [2.24, 2.45) is 22.7 Å². The molecule has 0 atom stereocenters. The lowest BCUT2D eigenvalue weighted by molar-refractivity contribution is 0.310. The number of nitrogens with zero attached hydrogens (tertiary/aromatic N) is 3. The van der Waals surface area contributed by atoms with Crippen LogP contribution in [0.3, 0.4) is 0 Å². The maximum atomic E-state index is 8.71. The quantitative estimate of drug-likeness (QED) is 0.378. The maximum absolute atomic E-state index is 8.71. The summed E-state index contributed by atoms with van der Waals surface area (Å²) in [4.78, 5) is 6.65. The van der Waals surface area contributed by atoms with Gasteiger partial charge in [-0.2, -0.15) is 0 Å². The van der Waals surface area contributed by atoms with Gasteiger partial charge in [0.15, 0.2) is 5.84 Å². The Labute approximate surface area is 114 Å². The van der Waals surface area contributed by atoms with Gasteiger partial charge in [0.05, 0.1) is 0 Å². The number of piperidine rings is 1. The zero-order valence-corrected chi connectivity index (χ0v) is 11.6. The van der Waals surface area contributed by atoms with Gasteiger partial charge in [-0.05, 0) is 36.8 Å². The summed E-state index contributed by atoms with van der Waals surface area (Å²) < 4.78 is 0. The molecule has 104 valence electrons. The van der Waals surface area contributed by atoms with Gasteiger partial charge in [0.1, 0.15) is 5.82 Å². The highest BCUT2D eigenvalue weighted by molar-refractivity contribution is 5.97. The van der Waals surface area contributed by atoms with Crippen molar-refractivity contribution in [2.75, 3.05) is 18.0 Å². The molecule has 1 aliphatic rings. The van der Waals surface area contributed by atoms with Crippen LogP contribution in [0.15, 0.2) is 23.5 Å². The van der Waals surface area contributed by atoms with E-state index in [1.807, 2.05) is 6.07 Å². The molecule has 1 saturated heterocycles. The van der Waals surface area contributed by atoms with Crippen LogP contribution in [0.5, 0.6) is 0 Å². The van der Waals surface area contributed by atoms with Crippen LogP contribution < -0.4 is 10.6 Å². The summed E-state index contributed by atoms with van der Waals surface area (Å²) in [6, 6.07) is 3.63. The van der Waals surface area contributed by atoms with E-state index in [0.717, 1.165) is 30.7 Å². The molecular formula is C14H22N4O. The van der Waals surface area contributed by atoms with Crippen molar-refractivity contribution in [3.05, 3.63) is 23.9 Å². The topological polar surface area (TPSA) is 74.7 Å². The lowest BCUT2D eigenvalue weighted by Crippen LogP contribution is -2.35. The number of hydrogen-bond acceptors (Lipinski definition) is 4. The molecule has 0 radical (unpaired) electrons. The first-order valence-corrected chi connectivity index (χ1v) is 6.80. The summed E-state index contributed by atoms with van der Waals surface area (Å²) in [5, 5.41) is 11.7. The van der Waals surface area contributed by atoms with Crippen molar-refractivity contribution in [1.82, 2.24) is 4.98 Å². The molecule has 0 amide bonds. The number of aromatic nitrogens is 1. The van der Waals surface area contributed by atoms with E-state index in [1.54, 1.807) is 12.3 Å². The van der Waals surface area contributed by atoms with E-state index in [9.17, 15) is 0 Å². The molecular weight excluding hydrogens is 240 g/mol. The molecule has 1 aromatic rings. The summed E-state index contributed by atoms with van der Waals surface area (Å²) in [5.41, 5.74) is 6.32. The average Bonchev–Trinajstić information content (AvgIpc) is 2.46. The number of anilines is 1. The lowest BCUT2D eigenvalue weighted by atomic mass is 9.87. The first kappa shape index (κ1) is 13.6. The van der Waals surface area contributed by atoms with E-state index in [1.165, 1.54) is 12.8 Å². The largest absolute Gasteiger partial charge is 0.409 e. The van der Waals surface area contributed by atoms with Crippen LogP contribution in [-0.4, -0.2) is 29.1 Å². The summed E-state index contributed by atoms with van der Waals surface area (Å²) in [7, 11) is 0. The van der Waals surface area contributed by atoms with E-state index < -0.39 is 0 Å². The van der Waals surface area contributed by atoms with Gasteiger partial charge in [0.2, 0.25) is 0 Å². The second-order valence-electron chi connectivity index (χ2n) is 5.46. The van der Waals surface area contributed by atoms with Crippen LogP contribution in [0, 0.1) is 11.8 Å². The van der Waals surface area contributed by atoms with Gasteiger partial charge >= 0.3 is 0 Å². The minimum absolute atomic E-state index is 0.126. The van der Waals surface area contributed by atoms with Crippen LogP contribution in [-0.2, 0) is 0 Å². The van der Waals surface area contributed by atoms with E-state index in [2.05, 4.69) is 28.9 Å². The molecule has 1 fully saturated rings. The van der Waals surface area contributed by atoms with Crippen LogP contribution in [0.1, 0.15) is 32.3 Å². The molecule has 0 spiro atoms. The first-order valence-electron chi connectivity index (χ1n) is 6.80. The Morgan fingerprint density at radius 3 is 2.74 bits per heavy atom. The smallest absolute Gasteiger partial charge is 0.170 e. The van der Waals surface area contributed by atoms with Crippen molar-refractivity contribution in [2.45, 2.75) is 26.7 Å². The third-order valence-electron chi connectivity index (χ3n) is 3.96. The Bertz CT molecular complexity index is 451. The standard InChI is InChI=1S/C14H22N4O/c1-10(2)11-4-7-18(8-5-11)13-9-12(3-6-16-13)14(15)17-19/h3,6,9-11,19H,4-5,7-8H2,1-2H3,(H2,15,17). The first-order chi connectivity index (χ1) is 9.11. The zero-order valence-electron chi connectivity index (χ0n) is 11.6. The molecule has 2 heterocycles. The van der Waals surface area contributed by atoms with Crippen molar-refractivity contribution >= 4 is 11.7 Å². The molecule has 0 aromatic carbocycles. The zero-order chi connectivity index (χ0) is 13.8. The fraction of sp³-hybridized carbons (Fsp3) is 0.571.